The van der Waals surface area contributed by atoms with Crippen molar-refractivity contribution in [2.75, 3.05) is 17.6 Å². The second kappa shape index (κ2) is 6.34. The first-order valence-electron chi connectivity index (χ1n) is 6.62. The summed E-state index contributed by atoms with van der Waals surface area (Å²) in [5.74, 6) is -0.995. The standard InChI is InChI=1S/C14H17FN2O3S/c1-14(6-3-7-21-14)8-16-13(20)17-11-9(12(18)19)4-2-5-10(11)15/h2,4-5H,3,6-8H2,1H3,(H,18,19)(H2,16,17,20). The maximum atomic E-state index is 13.7. The van der Waals surface area contributed by atoms with Gasteiger partial charge in [0, 0.05) is 11.3 Å². The number of carbonyl (C=O) groups is 2. The average Bonchev–Trinajstić information content (AvgIpc) is 2.86. The van der Waals surface area contributed by atoms with E-state index < -0.39 is 17.8 Å². The Bertz CT molecular complexity index is 559. The summed E-state index contributed by atoms with van der Waals surface area (Å²) in [5, 5.41) is 14.0. The number of amides is 2. The molecule has 2 rings (SSSR count). The van der Waals surface area contributed by atoms with E-state index in [0.717, 1.165) is 24.7 Å². The van der Waals surface area contributed by atoms with E-state index in [2.05, 4.69) is 17.6 Å². The van der Waals surface area contributed by atoms with Gasteiger partial charge in [-0.2, -0.15) is 11.8 Å². The van der Waals surface area contributed by atoms with E-state index in [9.17, 15) is 14.0 Å². The van der Waals surface area contributed by atoms with Crippen LogP contribution < -0.4 is 10.6 Å². The van der Waals surface area contributed by atoms with E-state index >= 15 is 0 Å². The zero-order valence-electron chi connectivity index (χ0n) is 11.6. The van der Waals surface area contributed by atoms with E-state index in [1.54, 1.807) is 11.8 Å². The zero-order valence-corrected chi connectivity index (χ0v) is 12.4. The molecule has 114 valence electrons. The molecule has 7 heteroatoms. The number of hydrogen-bond acceptors (Lipinski definition) is 3. The first-order chi connectivity index (χ1) is 9.91. The Morgan fingerprint density at radius 3 is 2.86 bits per heavy atom. The molecule has 21 heavy (non-hydrogen) atoms. The molecule has 1 saturated heterocycles. The normalized spacial score (nSPS) is 21.0. The van der Waals surface area contributed by atoms with Crippen molar-refractivity contribution in [3.8, 4) is 0 Å². The molecule has 5 nitrogen and oxygen atoms in total. The van der Waals surface area contributed by atoms with Crippen LogP contribution in [0.25, 0.3) is 0 Å². The first kappa shape index (κ1) is 15.6. The Kier molecular flexibility index (Phi) is 4.72. The van der Waals surface area contributed by atoms with Crippen molar-refractivity contribution in [3.05, 3.63) is 29.6 Å². The molecule has 0 saturated carbocycles. The van der Waals surface area contributed by atoms with Crippen LogP contribution in [-0.4, -0.2) is 34.2 Å². The molecule has 3 N–H and O–H groups in total. The molecule has 1 heterocycles. The fraction of sp³-hybridized carbons (Fsp3) is 0.429. The summed E-state index contributed by atoms with van der Waals surface area (Å²) < 4.78 is 13.7. The summed E-state index contributed by atoms with van der Waals surface area (Å²) in [6.45, 7) is 2.52. The smallest absolute Gasteiger partial charge is 0.337 e. The Balaban J connectivity index is 2.01. The van der Waals surface area contributed by atoms with Crippen molar-refractivity contribution in [2.24, 2.45) is 0 Å². The number of rotatable bonds is 4. The van der Waals surface area contributed by atoms with Gasteiger partial charge in [-0.1, -0.05) is 6.07 Å². The number of carbonyl (C=O) groups excluding carboxylic acids is 1. The minimum absolute atomic E-state index is 0.0117. The predicted molar refractivity (Wildman–Crippen MR) is 80.5 cm³/mol. The molecule has 1 fully saturated rings. The number of carboxylic acids is 1. The zero-order chi connectivity index (χ0) is 15.5. The largest absolute Gasteiger partial charge is 0.478 e. The van der Waals surface area contributed by atoms with Gasteiger partial charge in [0.2, 0.25) is 0 Å². The van der Waals surface area contributed by atoms with Crippen LogP contribution in [0.1, 0.15) is 30.1 Å². The van der Waals surface area contributed by atoms with Crippen molar-refractivity contribution in [1.29, 1.82) is 0 Å². The Morgan fingerprint density at radius 1 is 1.48 bits per heavy atom. The molecule has 0 spiro atoms. The van der Waals surface area contributed by atoms with Crippen molar-refractivity contribution in [2.45, 2.75) is 24.5 Å². The number of urea groups is 1. The number of hydrogen-bond donors (Lipinski definition) is 3. The number of halogens is 1. The molecule has 0 aliphatic carbocycles. The quantitative estimate of drug-likeness (QED) is 0.799. The van der Waals surface area contributed by atoms with Crippen molar-refractivity contribution in [1.82, 2.24) is 5.32 Å². The van der Waals surface area contributed by atoms with E-state index in [1.165, 1.54) is 12.1 Å². The van der Waals surface area contributed by atoms with Crippen molar-refractivity contribution < 1.29 is 19.1 Å². The Hall–Kier alpha value is -1.76. The number of benzene rings is 1. The molecule has 0 radical (unpaired) electrons. The van der Waals surface area contributed by atoms with Gasteiger partial charge in [-0.15, -0.1) is 0 Å². The molecule has 1 aliphatic rings. The number of thioether (sulfide) groups is 1. The maximum absolute atomic E-state index is 13.7. The fourth-order valence-electron chi connectivity index (χ4n) is 2.23. The summed E-state index contributed by atoms with van der Waals surface area (Å²) in [7, 11) is 0. The van der Waals surface area contributed by atoms with Crippen LogP contribution in [0.3, 0.4) is 0 Å². The van der Waals surface area contributed by atoms with Crippen LogP contribution in [0.5, 0.6) is 0 Å². The second-order valence-corrected chi connectivity index (χ2v) is 6.86. The van der Waals surface area contributed by atoms with Crippen LogP contribution in [0, 0.1) is 5.82 Å². The highest BCUT2D eigenvalue weighted by Crippen LogP contribution is 2.36. The maximum Gasteiger partial charge on any atom is 0.337 e. The van der Waals surface area contributed by atoms with Gasteiger partial charge in [-0.3, -0.25) is 0 Å². The monoisotopic (exact) mass is 312 g/mol. The summed E-state index contributed by atoms with van der Waals surface area (Å²) in [6, 6.07) is 3.04. The van der Waals surface area contributed by atoms with Gasteiger partial charge >= 0.3 is 12.0 Å². The molecule has 0 aromatic heterocycles. The third kappa shape index (κ3) is 3.87. The minimum Gasteiger partial charge on any atom is -0.478 e. The molecular weight excluding hydrogens is 295 g/mol. The van der Waals surface area contributed by atoms with E-state index in [-0.39, 0.29) is 16.0 Å². The van der Waals surface area contributed by atoms with E-state index in [1.807, 2.05) is 0 Å². The number of carboxylic acid groups (broad SMARTS) is 1. The van der Waals surface area contributed by atoms with Crippen LogP contribution in [0.15, 0.2) is 18.2 Å². The number of nitrogens with one attached hydrogen (secondary N) is 2. The Labute approximate surface area is 126 Å². The lowest BCUT2D eigenvalue weighted by atomic mass is 10.1. The van der Waals surface area contributed by atoms with Crippen LogP contribution in [-0.2, 0) is 0 Å². The van der Waals surface area contributed by atoms with Crippen LogP contribution >= 0.6 is 11.8 Å². The van der Waals surface area contributed by atoms with Gasteiger partial charge < -0.3 is 15.7 Å². The second-order valence-electron chi connectivity index (χ2n) is 5.18. The van der Waals surface area contributed by atoms with Crippen LogP contribution in [0.4, 0.5) is 14.9 Å². The third-order valence-electron chi connectivity index (χ3n) is 3.41. The molecule has 1 aliphatic heterocycles. The lowest BCUT2D eigenvalue weighted by Gasteiger charge is -2.23. The fourth-order valence-corrected chi connectivity index (χ4v) is 3.48. The SMILES string of the molecule is CC1(CNC(=O)Nc2c(F)cccc2C(=O)O)CCCS1. The summed E-state index contributed by atoms with van der Waals surface area (Å²) in [6.07, 6.45) is 2.12. The highest BCUT2D eigenvalue weighted by atomic mass is 32.2. The molecule has 1 aromatic rings. The van der Waals surface area contributed by atoms with Crippen molar-refractivity contribution >= 4 is 29.4 Å². The van der Waals surface area contributed by atoms with Gasteiger partial charge in [0.05, 0.1) is 11.3 Å². The minimum atomic E-state index is -1.29. The van der Waals surface area contributed by atoms with Gasteiger partial charge in [0.1, 0.15) is 5.82 Å². The first-order valence-corrected chi connectivity index (χ1v) is 7.60. The molecule has 0 bridgehead atoms. The lowest BCUT2D eigenvalue weighted by Crippen LogP contribution is -2.39. The Morgan fingerprint density at radius 2 is 2.24 bits per heavy atom. The van der Waals surface area contributed by atoms with E-state index in [0.29, 0.717) is 6.54 Å². The highest BCUT2D eigenvalue weighted by Gasteiger charge is 2.29. The molecular formula is C14H17FN2O3S. The average molecular weight is 312 g/mol. The van der Waals surface area contributed by atoms with E-state index in [4.69, 9.17) is 5.11 Å². The highest BCUT2D eigenvalue weighted by molar-refractivity contribution is 8.00. The molecule has 2 amide bonds. The number of aromatic carboxylic acids is 1. The van der Waals surface area contributed by atoms with Crippen LogP contribution in [0.2, 0.25) is 0 Å². The molecule has 1 unspecified atom stereocenters. The molecule has 1 atom stereocenters. The predicted octanol–water partition coefficient (Wildman–Crippen LogP) is 2.93. The molecule has 1 aromatic carbocycles. The summed E-state index contributed by atoms with van der Waals surface area (Å²) >= 11 is 1.79. The van der Waals surface area contributed by atoms with Gasteiger partial charge in [-0.25, -0.2) is 14.0 Å². The number of para-hydroxylation sites is 1. The van der Waals surface area contributed by atoms with Gasteiger partial charge in [0.25, 0.3) is 0 Å². The summed E-state index contributed by atoms with van der Waals surface area (Å²) in [4.78, 5) is 22.9. The third-order valence-corrected chi connectivity index (χ3v) is 4.94. The van der Waals surface area contributed by atoms with Gasteiger partial charge in [0.15, 0.2) is 0 Å². The number of anilines is 1. The summed E-state index contributed by atoms with van der Waals surface area (Å²) in [5.41, 5.74) is -0.585. The topological polar surface area (TPSA) is 78.4 Å². The van der Waals surface area contributed by atoms with Gasteiger partial charge in [-0.05, 0) is 37.7 Å². The lowest BCUT2D eigenvalue weighted by molar-refractivity contribution is 0.0697. The van der Waals surface area contributed by atoms with Crippen molar-refractivity contribution in [3.63, 3.8) is 0 Å².